The third kappa shape index (κ3) is 17.8. The molecule has 3 nitrogen and oxygen atoms in total. The van der Waals surface area contributed by atoms with Crippen molar-refractivity contribution in [3.8, 4) is 0 Å². The van der Waals surface area contributed by atoms with Gasteiger partial charge in [0, 0.05) is 0 Å². The van der Waals surface area contributed by atoms with Gasteiger partial charge in [0.15, 0.2) is 0 Å². The summed E-state index contributed by atoms with van der Waals surface area (Å²) in [6, 6.07) is 5.29. The third-order valence-electron chi connectivity index (χ3n) is 7.08. The molecule has 0 aliphatic carbocycles. The van der Waals surface area contributed by atoms with Crippen LogP contribution in [0.5, 0.6) is 0 Å². The Bertz CT molecular complexity index is 718. The van der Waals surface area contributed by atoms with Crippen molar-refractivity contribution in [2.24, 2.45) is 0 Å². The van der Waals surface area contributed by atoms with Crippen molar-refractivity contribution in [2.75, 3.05) is 0 Å². The largest absolute Gasteiger partial charge is 1.00 e. The second-order valence-electron chi connectivity index (χ2n) is 10.2. The van der Waals surface area contributed by atoms with Crippen LogP contribution in [0, 0.1) is 0 Å². The fourth-order valence-electron chi connectivity index (χ4n) is 4.96. The molecule has 1 aromatic rings. The molecule has 0 unspecified atom stereocenters. The molecular weight excluding hydrogens is 447 g/mol. The Hall–Kier alpha value is -0.273. The zero-order valence-electron chi connectivity index (χ0n) is 23.4. The van der Waals surface area contributed by atoms with E-state index >= 15 is 0 Å². The second-order valence-corrected chi connectivity index (χ2v) is 11.6. The molecule has 0 spiro atoms. The molecule has 35 heavy (non-hydrogen) atoms. The third-order valence-corrected chi connectivity index (χ3v) is 8.00. The number of unbranched alkanes of at least 4 members (excludes halogenated alkanes) is 18. The van der Waals surface area contributed by atoms with Crippen LogP contribution in [-0.2, 0) is 23.0 Å². The van der Waals surface area contributed by atoms with Crippen molar-refractivity contribution in [3.05, 3.63) is 29.3 Å². The van der Waals surface area contributed by atoms with Gasteiger partial charge in [0.2, 0.25) is 0 Å². The minimum Gasteiger partial charge on any atom is -0.744 e. The van der Waals surface area contributed by atoms with Crippen LogP contribution < -0.4 is 18.9 Å². The molecule has 0 aliphatic rings. The Morgan fingerprint density at radius 3 is 1.34 bits per heavy atom. The van der Waals surface area contributed by atoms with E-state index in [-0.39, 0.29) is 23.8 Å². The Kier molecular flexibility index (Phi) is 22.7. The van der Waals surface area contributed by atoms with E-state index < -0.39 is 10.1 Å². The van der Waals surface area contributed by atoms with Gasteiger partial charge in [-0.2, -0.15) is 0 Å². The summed E-state index contributed by atoms with van der Waals surface area (Å²) in [4.78, 5) is 0.0213. The van der Waals surface area contributed by atoms with Crippen LogP contribution >= 0.6 is 0 Å². The van der Waals surface area contributed by atoms with Gasteiger partial charge in [-0.25, -0.2) is 8.42 Å². The van der Waals surface area contributed by atoms with Crippen molar-refractivity contribution in [3.63, 3.8) is 0 Å². The summed E-state index contributed by atoms with van der Waals surface area (Å²) in [5.41, 5.74) is 1.88. The summed E-state index contributed by atoms with van der Waals surface area (Å²) in [5.74, 6) is 0. The Morgan fingerprint density at radius 1 is 0.571 bits per heavy atom. The molecule has 0 radical (unpaired) electrons. The quantitative estimate of drug-likeness (QED) is 0.0976. The van der Waals surface area contributed by atoms with Gasteiger partial charge >= 0.3 is 18.9 Å². The van der Waals surface area contributed by atoms with Crippen molar-refractivity contribution in [1.82, 2.24) is 0 Å². The number of hydrogen-bond donors (Lipinski definition) is 0. The van der Waals surface area contributed by atoms with Gasteiger partial charge in [-0.3, -0.25) is 0 Å². The molecule has 0 saturated carbocycles. The first kappa shape index (κ1) is 34.7. The zero-order valence-corrected chi connectivity index (χ0v) is 24.2. The Labute approximate surface area is 230 Å². The van der Waals surface area contributed by atoms with Gasteiger partial charge in [0.25, 0.3) is 0 Å². The summed E-state index contributed by atoms with van der Waals surface area (Å²) >= 11 is 0. The van der Waals surface area contributed by atoms with Crippen LogP contribution in [0.25, 0.3) is 0 Å². The molecule has 1 aromatic carbocycles. The smallest absolute Gasteiger partial charge is 0.744 e. The SMILES string of the molecule is CCCCCCCCCCCCc1cccc(S(=O)(=O)[O-])c1CCCCCCCCCCCC.[Li+]. The summed E-state index contributed by atoms with van der Waals surface area (Å²) in [5, 5.41) is 0. The average Bonchev–Trinajstić information content (AvgIpc) is 2.81. The van der Waals surface area contributed by atoms with Crippen molar-refractivity contribution < 1.29 is 31.8 Å². The molecule has 0 aliphatic heterocycles. The standard InChI is InChI=1S/C30H54O3S.Li/c1-3-5-7-9-11-13-15-17-19-21-24-28-25-23-27-30(34(31,32)33)29(28)26-22-20-18-16-14-12-10-8-6-4-2;/h23,25,27H,3-22,24,26H2,1-2H3,(H,31,32,33);/q;+1/p-1. The van der Waals surface area contributed by atoms with Gasteiger partial charge in [-0.1, -0.05) is 142 Å². The average molecular weight is 501 g/mol. The van der Waals surface area contributed by atoms with Gasteiger partial charge in [0.05, 0.1) is 4.90 Å². The van der Waals surface area contributed by atoms with Crippen molar-refractivity contribution in [1.29, 1.82) is 0 Å². The molecule has 0 bridgehead atoms. The molecular formula is C30H53LiO3S. The van der Waals surface area contributed by atoms with Crippen LogP contribution in [0.1, 0.15) is 153 Å². The maximum absolute atomic E-state index is 11.9. The van der Waals surface area contributed by atoms with Gasteiger partial charge in [-0.05, 0) is 42.9 Å². The molecule has 0 aromatic heterocycles. The van der Waals surface area contributed by atoms with E-state index in [2.05, 4.69) is 13.8 Å². The number of aryl methyl sites for hydroxylation is 1. The Morgan fingerprint density at radius 2 is 0.943 bits per heavy atom. The van der Waals surface area contributed by atoms with Crippen molar-refractivity contribution >= 4 is 10.1 Å². The second kappa shape index (κ2) is 22.9. The maximum Gasteiger partial charge on any atom is 1.00 e. The molecule has 0 saturated heterocycles. The predicted octanol–water partition coefficient (Wildman–Crippen LogP) is 6.52. The fraction of sp³-hybridized carbons (Fsp3) is 0.800. The molecule has 0 atom stereocenters. The summed E-state index contributed by atoms with van der Waals surface area (Å²) < 4.78 is 35.6. The van der Waals surface area contributed by atoms with E-state index in [0.717, 1.165) is 36.8 Å². The van der Waals surface area contributed by atoms with E-state index in [1.165, 1.54) is 115 Å². The van der Waals surface area contributed by atoms with E-state index in [1.807, 2.05) is 6.07 Å². The normalized spacial score (nSPS) is 11.5. The van der Waals surface area contributed by atoms with Crippen LogP contribution in [0.3, 0.4) is 0 Å². The minimum atomic E-state index is -4.42. The van der Waals surface area contributed by atoms with Gasteiger partial charge in [0.1, 0.15) is 10.1 Å². The summed E-state index contributed by atoms with van der Waals surface area (Å²) in [7, 11) is -4.42. The van der Waals surface area contributed by atoms with E-state index in [9.17, 15) is 13.0 Å². The van der Waals surface area contributed by atoms with Crippen LogP contribution in [0.4, 0.5) is 0 Å². The van der Waals surface area contributed by atoms with E-state index in [1.54, 1.807) is 6.07 Å². The van der Waals surface area contributed by atoms with Crippen LogP contribution in [0.2, 0.25) is 0 Å². The van der Waals surface area contributed by atoms with Gasteiger partial charge in [-0.15, -0.1) is 0 Å². The van der Waals surface area contributed by atoms with E-state index in [4.69, 9.17) is 0 Å². The van der Waals surface area contributed by atoms with Crippen molar-refractivity contribution in [2.45, 2.75) is 160 Å². The molecule has 0 amide bonds. The summed E-state index contributed by atoms with van der Waals surface area (Å²) in [6.45, 7) is 4.50. The molecule has 0 heterocycles. The minimum absolute atomic E-state index is 0. The fourth-order valence-corrected chi connectivity index (χ4v) is 5.74. The monoisotopic (exact) mass is 500 g/mol. The number of rotatable bonds is 23. The zero-order chi connectivity index (χ0) is 24.9. The van der Waals surface area contributed by atoms with E-state index in [0.29, 0.717) is 6.42 Å². The Balaban J connectivity index is 0.0000116. The molecule has 198 valence electrons. The van der Waals surface area contributed by atoms with Gasteiger partial charge < -0.3 is 4.55 Å². The molecule has 1 rings (SSSR count). The first-order chi connectivity index (χ1) is 16.5. The van der Waals surface area contributed by atoms with Crippen LogP contribution in [-0.4, -0.2) is 13.0 Å². The molecule has 0 fully saturated rings. The topological polar surface area (TPSA) is 57.2 Å². The molecule has 5 heteroatoms. The first-order valence-electron chi connectivity index (χ1n) is 14.6. The maximum atomic E-state index is 11.9. The number of benzene rings is 1. The predicted molar refractivity (Wildman–Crippen MR) is 146 cm³/mol. The first-order valence-corrected chi connectivity index (χ1v) is 16.0. The van der Waals surface area contributed by atoms with Crippen LogP contribution in [0.15, 0.2) is 23.1 Å². The number of hydrogen-bond acceptors (Lipinski definition) is 3. The molecule has 0 N–H and O–H groups in total. The summed E-state index contributed by atoms with van der Waals surface area (Å²) in [6.07, 6.45) is 27.0.